The Morgan fingerprint density at radius 1 is 0.795 bits per heavy atom. The first kappa shape index (κ1) is 24.7. The molecule has 1 fully saturated rings. The standard InChI is InChI=1S/C30H32N8O/c31-25-7-3-4-8-26(25)35-27(39)21-13-11-20(12-14-21)18-33-29-36-28(32-17-19-9-10-19)37-30(38-29)34-24-15-22-5-1-2-6-23(22)16-24/h1-8,11-14,19,24H,9-10,15-18,31H2,(H,35,39)(H3,32,33,34,36,37,38). The van der Waals surface area contributed by atoms with E-state index in [1.807, 2.05) is 24.3 Å². The lowest BCUT2D eigenvalue weighted by Crippen LogP contribution is -2.22. The van der Waals surface area contributed by atoms with Gasteiger partial charge in [-0.25, -0.2) is 0 Å². The smallest absolute Gasteiger partial charge is 0.255 e. The SMILES string of the molecule is Nc1ccccc1NC(=O)c1ccc(CNc2nc(NCC3CC3)nc(NC3Cc4ccccc4C3)n2)cc1. The molecule has 6 rings (SSSR count). The third-order valence-electron chi connectivity index (χ3n) is 7.14. The summed E-state index contributed by atoms with van der Waals surface area (Å²) in [5.41, 5.74) is 11.4. The number of aromatic nitrogens is 3. The second-order valence-electron chi connectivity index (χ2n) is 10.2. The summed E-state index contributed by atoms with van der Waals surface area (Å²) in [6.45, 7) is 1.38. The third-order valence-corrected chi connectivity index (χ3v) is 7.14. The predicted molar refractivity (Wildman–Crippen MR) is 155 cm³/mol. The molecule has 0 unspecified atom stereocenters. The van der Waals surface area contributed by atoms with Gasteiger partial charge in [0.05, 0.1) is 11.4 Å². The molecule has 39 heavy (non-hydrogen) atoms. The number of hydrogen-bond donors (Lipinski definition) is 5. The fourth-order valence-electron chi connectivity index (χ4n) is 4.76. The van der Waals surface area contributed by atoms with Crippen molar-refractivity contribution in [2.24, 2.45) is 5.92 Å². The topological polar surface area (TPSA) is 130 Å². The van der Waals surface area contributed by atoms with Gasteiger partial charge in [-0.15, -0.1) is 0 Å². The molecule has 198 valence electrons. The molecule has 1 heterocycles. The Balaban J connectivity index is 1.10. The Morgan fingerprint density at radius 2 is 1.44 bits per heavy atom. The molecular formula is C30H32N8O. The molecule has 9 nitrogen and oxygen atoms in total. The molecule has 0 saturated heterocycles. The van der Waals surface area contributed by atoms with Crippen molar-refractivity contribution in [3.8, 4) is 0 Å². The molecule has 0 radical (unpaired) electrons. The number of carbonyl (C=O) groups is 1. The number of fused-ring (bicyclic) bond motifs is 1. The minimum atomic E-state index is -0.207. The number of nitrogens with one attached hydrogen (secondary N) is 4. The number of nitrogen functional groups attached to an aromatic ring is 1. The van der Waals surface area contributed by atoms with Crippen LogP contribution in [0.5, 0.6) is 0 Å². The monoisotopic (exact) mass is 520 g/mol. The highest BCUT2D eigenvalue weighted by Crippen LogP contribution is 2.29. The third kappa shape index (κ3) is 6.26. The fraction of sp³-hybridized carbons (Fsp3) is 0.267. The van der Waals surface area contributed by atoms with Gasteiger partial charge in [-0.3, -0.25) is 4.79 Å². The highest BCUT2D eigenvalue weighted by Gasteiger charge is 2.23. The number of amides is 1. The van der Waals surface area contributed by atoms with Crippen molar-refractivity contribution in [1.29, 1.82) is 0 Å². The molecule has 0 atom stereocenters. The highest BCUT2D eigenvalue weighted by atomic mass is 16.1. The molecule has 9 heteroatoms. The maximum Gasteiger partial charge on any atom is 0.255 e. The Labute approximate surface area is 227 Å². The summed E-state index contributed by atoms with van der Waals surface area (Å²) in [6.07, 6.45) is 4.40. The Hall–Kier alpha value is -4.66. The number of nitrogens with zero attached hydrogens (tertiary/aromatic N) is 3. The zero-order valence-corrected chi connectivity index (χ0v) is 21.7. The lowest BCUT2D eigenvalue weighted by Gasteiger charge is -2.15. The van der Waals surface area contributed by atoms with Gasteiger partial charge in [0.15, 0.2) is 0 Å². The molecule has 1 aromatic heterocycles. The summed E-state index contributed by atoms with van der Waals surface area (Å²) in [4.78, 5) is 26.5. The van der Waals surface area contributed by atoms with Crippen LogP contribution in [-0.4, -0.2) is 33.4 Å². The largest absolute Gasteiger partial charge is 0.397 e. The summed E-state index contributed by atoms with van der Waals surface area (Å²) in [6, 6.07) is 23.4. The van der Waals surface area contributed by atoms with Crippen molar-refractivity contribution >= 4 is 35.1 Å². The average molecular weight is 521 g/mol. The van der Waals surface area contributed by atoms with Crippen LogP contribution >= 0.6 is 0 Å². The summed E-state index contributed by atoms with van der Waals surface area (Å²) in [7, 11) is 0. The number of carbonyl (C=O) groups excluding carboxylic acids is 1. The second-order valence-corrected chi connectivity index (χ2v) is 10.2. The summed E-state index contributed by atoms with van der Waals surface area (Å²) in [5.74, 6) is 2.14. The van der Waals surface area contributed by atoms with Gasteiger partial charge >= 0.3 is 0 Å². The predicted octanol–water partition coefficient (Wildman–Crippen LogP) is 4.72. The van der Waals surface area contributed by atoms with Crippen LogP contribution in [0.3, 0.4) is 0 Å². The molecule has 1 saturated carbocycles. The van der Waals surface area contributed by atoms with Crippen LogP contribution < -0.4 is 27.0 Å². The molecule has 4 aromatic rings. The van der Waals surface area contributed by atoms with Crippen LogP contribution in [-0.2, 0) is 19.4 Å². The van der Waals surface area contributed by atoms with E-state index in [9.17, 15) is 4.79 Å². The Bertz CT molecular complexity index is 1440. The van der Waals surface area contributed by atoms with Gasteiger partial charge < -0.3 is 27.0 Å². The van der Waals surface area contributed by atoms with Crippen LogP contribution in [0.4, 0.5) is 29.2 Å². The van der Waals surface area contributed by atoms with E-state index >= 15 is 0 Å². The van der Waals surface area contributed by atoms with Gasteiger partial charge in [0.1, 0.15) is 0 Å². The normalized spacial score (nSPS) is 14.5. The van der Waals surface area contributed by atoms with Crippen molar-refractivity contribution in [3.05, 3.63) is 95.1 Å². The van der Waals surface area contributed by atoms with E-state index < -0.39 is 0 Å². The van der Waals surface area contributed by atoms with Crippen LogP contribution in [0.2, 0.25) is 0 Å². The van der Waals surface area contributed by atoms with E-state index in [4.69, 9.17) is 5.73 Å². The maximum atomic E-state index is 12.6. The van der Waals surface area contributed by atoms with Gasteiger partial charge in [-0.2, -0.15) is 15.0 Å². The van der Waals surface area contributed by atoms with Gasteiger partial charge in [0.25, 0.3) is 5.91 Å². The molecule has 0 bridgehead atoms. The number of para-hydroxylation sites is 2. The maximum absolute atomic E-state index is 12.6. The van der Waals surface area contributed by atoms with E-state index in [1.165, 1.54) is 24.0 Å². The summed E-state index contributed by atoms with van der Waals surface area (Å²) in [5, 5.41) is 13.1. The first-order chi connectivity index (χ1) is 19.1. The van der Waals surface area contributed by atoms with Crippen LogP contribution in [0, 0.1) is 5.92 Å². The van der Waals surface area contributed by atoms with E-state index in [0.29, 0.717) is 47.2 Å². The molecule has 0 aliphatic heterocycles. The van der Waals surface area contributed by atoms with E-state index in [2.05, 4.69) is 60.5 Å². The first-order valence-electron chi connectivity index (χ1n) is 13.4. The quantitative estimate of drug-likeness (QED) is 0.190. The molecule has 0 spiro atoms. The molecule has 2 aliphatic rings. The van der Waals surface area contributed by atoms with Gasteiger partial charge in [0, 0.05) is 24.7 Å². The lowest BCUT2D eigenvalue weighted by molar-refractivity contribution is 0.102. The van der Waals surface area contributed by atoms with Gasteiger partial charge in [0.2, 0.25) is 17.8 Å². The minimum Gasteiger partial charge on any atom is -0.397 e. The second kappa shape index (κ2) is 11.0. The van der Waals surface area contributed by atoms with Crippen molar-refractivity contribution in [2.75, 3.05) is 33.5 Å². The van der Waals surface area contributed by atoms with Crippen molar-refractivity contribution in [1.82, 2.24) is 15.0 Å². The average Bonchev–Trinajstić information content (AvgIpc) is 3.69. The minimum absolute atomic E-state index is 0.207. The van der Waals surface area contributed by atoms with E-state index in [0.717, 1.165) is 24.9 Å². The number of anilines is 5. The van der Waals surface area contributed by atoms with Crippen LogP contribution in [0.25, 0.3) is 0 Å². The number of nitrogens with two attached hydrogens (primary N) is 1. The van der Waals surface area contributed by atoms with E-state index in [1.54, 1.807) is 24.3 Å². The molecule has 1 amide bonds. The van der Waals surface area contributed by atoms with Crippen LogP contribution in [0.1, 0.15) is 39.9 Å². The van der Waals surface area contributed by atoms with Gasteiger partial charge in [-0.05, 0) is 72.6 Å². The van der Waals surface area contributed by atoms with Crippen molar-refractivity contribution < 1.29 is 4.79 Å². The molecular weight excluding hydrogens is 488 g/mol. The Morgan fingerprint density at radius 3 is 2.13 bits per heavy atom. The zero-order chi connectivity index (χ0) is 26.6. The zero-order valence-electron chi connectivity index (χ0n) is 21.7. The summed E-state index contributed by atoms with van der Waals surface area (Å²) >= 11 is 0. The number of benzene rings is 3. The molecule has 2 aliphatic carbocycles. The number of rotatable bonds is 10. The van der Waals surface area contributed by atoms with E-state index in [-0.39, 0.29) is 11.9 Å². The fourth-order valence-corrected chi connectivity index (χ4v) is 4.76. The Kier molecular flexibility index (Phi) is 6.95. The van der Waals surface area contributed by atoms with Crippen molar-refractivity contribution in [3.63, 3.8) is 0 Å². The first-order valence-corrected chi connectivity index (χ1v) is 13.4. The highest BCUT2D eigenvalue weighted by molar-refractivity contribution is 6.05. The number of hydrogen-bond acceptors (Lipinski definition) is 8. The summed E-state index contributed by atoms with van der Waals surface area (Å²) < 4.78 is 0. The molecule has 3 aromatic carbocycles. The van der Waals surface area contributed by atoms with Gasteiger partial charge in [-0.1, -0.05) is 48.5 Å². The lowest BCUT2D eigenvalue weighted by atomic mass is 10.1. The molecule has 6 N–H and O–H groups in total. The van der Waals surface area contributed by atoms with Crippen LogP contribution in [0.15, 0.2) is 72.8 Å². The van der Waals surface area contributed by atoms with Crippen molar-refractivity contribution in [2.45, 2.75) is 38.3 Å².